The van der Waals surface area contributed by atoms with Gasteiger partial charge in [-0.15, -0.1) is 0 Å². The van der Waals surface area contributed by atoms with E-state index in [4.69, 9.17) is 18.0 Å². The zero-order valence-corrected chi connectivity index (χ0v) is 8.59. The molecule has 2 saturated heterocycles. The Balaban J connectivity index is 1.89. The van der Waals surface area contributed by atoms with Crippen molar-refractivity contribution in [1.29, 1.82) is 0 Å². The minimum Gasteiger partial charge on any atom is -0.376 e. The Hall–Kier alpha value is -0.310. The largest absolute Gasteiger partial charge is 0.376 e. The molecule has 2 saturated carbocycles. The normalized spacial score (nSPS) is 46.9. The standard InChI is InChI=1S/C10H16N2S/c11-10(13)12-8-2-6-1-7(4-8)5-9(12)3-6/h6-9H,1-5H2,(H2,11,13). The van der Waals surface area contributed by atoms with Crippen molar-refractivity contribution >= 4 is 17.3 Å². The van der Waals surface area contributed by atoms with Crippen molar-refractivity contribution < 1.29 is 0 Å². The molecule has 0 aromatic carbocycles. The van der Waals surface area contributed by atoms with Gasteiger partial charge in [0, 0.05) is 12.1 Å². The summed E-state index contributed by atoms with van der Waals surface area (Å²) in [4.78, 5) is 2.33. The molecule has 2 N–H and O–H groups in total. The van der Waals surface area contributed by atoms with Gasteiger partial charge < -0.3 is 10.6 Å². The van der Waals surface area contributed by atoms with Crippen LogP contribution in [0.2, 0.25) is 0 Å². The molecule has 0 atom stereocenters. The lowest BCUT2D eigenvalue weighted by Crippen LogP contribution is -2.61. The fraction of sp³-hybridized carbons (Fsp3) is 0.900. The first-order chi connectivity index (χ1) is 6.24. The van der Waals surface area contributed by atoms with E-state index in [2.05, 4.69) is 4.90 Å². The Labute approximate surface area is 84.5 Å². The third-order valence-electron chi connectivity index (χ3n) is 4.13. The average Bonchev–Trinajstić information content (AvgIpc) is 2.00. The molecule has 2 aliphatic carbocycles. The van der Waals surface area contributed by atoms with E-state index in [-0.39, 0.29) is 0 Å². The molecule has 4 aliphatic rings. The summed E-state index contributed by atoms with van der Waals surface area (Å²) < 4.78 is 0. The molecule has 2 aliphatic heterocycles. The monoisotopic (exact) mass is 196 g/mol. The van der Waals surface area contributed by atoms with Crippen molar-refractivity contribution in [2.24, 2.45) is 17.6 Å². The van der Waals surface area contributed by atoms with Crippen molar-refractivity contribution in [2.75, 3.05) is 0 Å². The molecule has 13 heavy (non-hydrogen) atoms. The van der Waals surface area contributed by atoms with Crippen LogP contribution >= 0.6 is 12.2 Å². The molecule has 4 fully saturated rings. The molecule has 0 unspecified atom stereocenters. The first-order valence-corrected chi connectivity index (χ1v) is 5.72. The van der Waals surface area contributed by atoms with Gasteiger partial charge >= 0.3 is 0 Å². The van der Waals surface area contributed by atoms with Crippen LogP contribution in [0.15, 0.2) is 0 Å². The van der Waals surface area contributed by atoms with Gasteiger partial charge in [-0.05, 0) is 56.2 Å². The number of hydrogen-bond acceptors (Lipinski definition) is 1. The Morgan fingerprint density at radius 1 is 1.00 bits per heavy atom. The van der Waals surface area contributed by atoms with Crippen LogP contribution in [0, 0.1) is 11.8 Å². The molecule has 0 aromatic heterocycles. The second-order valence-corrected chi connectivity index (χ2v) is 5.38. The van der Waals surface area contributed by atoms with E-state index in [1.54, 1.807) is 0 Å². The molecule has 0 spiro atoms. The summed E-state index contributed by atoms with van der Waals surface area (Å²) in [6.45, 7) is 0. The smallest absolute Gasteiger partial charge is 0.166 e. The first kappa shape index (κ1) is 8.04. The molecule has 4 rings (SSSR count). The Morgan fingerprint density at radius 2 is 1.46 bits per heavy atom. The van der Waals surface area contributed by atoms with Crippen LogP contribution in [0.4, 0.5) is 0 Å². The van der Waals surface area contributed by atoms with Gasteiger partial charge in [-0.1, -0.05) is 0 Å². The summed E-state index contributed by atoms with van der Waals surface area (Å²) in [5.41, 5.74) is 5.78. The van der Waals surface area contributed by atoms with Crippen molar-refractivity contribution in [3.63, 3.8) is 0 Å². The Kier molecular flexibility index (Phi) is 1.60. The Bertz CT molecular complexity index is 223. The summed E-state index contributed by atoms with van der Waals surface area (Å²) >= 11 is 5.13. The predicted molar refractivity (Wildman–Crippen MR) is 56.3 cm³/mol. The second kappa shape index (κ2) is 2.59. The summed E-state index contributed by atoms with van der Waals surface area (Å²) in [5.74, 6) is 1.99. The molecule has 2 heterocycles. The van der Waals surface area contributed by atoms with Gasteiger partial charge in [0.15, 0.2) is 5.11 Å². The fourth-order valence-electron chi connectivity index (χ4n) is 3.89. The van der Waals surface area contributed by atoms with Crippen LogP contribution in [0.1, 0.15) is 32.1 Å². The number of piperidine rings is 2. The van der Waals surface area contributed by atoms with Crippen LogP contribution in [-0.2, 0) is 0 Å². The quantitative estimate of drug-likeness (QED) is 0.595. The van der Waals surface area contributed by atoms with E-state index in [9.17, 15) is 0 Å². The van der Waals surface area contributed by atoms with Gasteiger partial charge in [-0.3, -0.25) is 0 Å². The van der Waals surface area contributed by atoms with Crippen molar-refractivity contribution in [3.8, 4) is 0 Å². The van der Waals surface area contributed by atoms with Gasteiger partial charge in [-0.2, -0.15) is 0 Å². The molecule has 0 radical (unpaired) electrons. The van der Waals surface area contributed by atoms with Crippen LogP contribution in [0.3, 0.4) is 0 Å². The molecular formula is C10H16N2S. The summed E-state index contributed by atoms with van der Waals surface area (Å²) in [7, 11) is 0. The highest BCUT2D eigenvalue weighted by Crippen LogP contribution is 2.48. The van der Waals surface area contributed by atoms with Gasteiger partial charge in [0.05, 0.1) is 0 Å². The lowest BCUT2D eigenvalue weighted by Gasteiger charge is -2.56. The lowest BCUT2D eigenvalue weighted by molar-refractivity contribution is -0.0152. The zero-order valence-electron chi connectivity index (χ0n) is 7.78. The average molecular weight is 196 g/mol. The number of hydrogen-bond donors (Lipinski definition) is 1. The van der Waals surface area contributed by atoms with E-state index in [1.807, 2.05) is 0 Å². The highest BCUT2D eigenvalue weighted by Gasteiger charge is 2.47. The highest BCUT2D eigenvalue weighted by molar-refractivity contribution is 7.80. The van der Waals surface area contributed by atoms with E-state index in [0.29, 0.717) is 17.2 Å². The third-order valence-corrected chi connectivity index (χ3v) is 4.34. The van der Waals surface area contributed by atoms with Gasteiger partial charge in [-0.25, -0.2) is 0 Å². The van der Waals surface area contributed by atoms with E-state index >= 15 is 0 Å². The van der Waals surface area contributed by atoms with Crippen molar-refractivity contribution in [1.82, 2.24) is 4.90 Å². The van der Waals surface area contributed by atoms with Crippen molar-refractivity contribution in [3.05, 3.63) is 0 Å². The highest BCUT2D eigenvalue weighted by atomic mass is 32.1. The maximum absolute atomic E-state index is 5.78. The maximum Gasteiger partial charge on any atom is 0.166 e. The molecule has 3 heteroatoms. The summed E-state index contributed by atoms with van der Waals surface area (Å²) in [6.07, 6.45) is 6.89. The molecule has 0 amide bonds. The number of nitrogens with zero attached hydrogens (tertiary/aromatic N) is 1. The van der Waals surface area contributed by atoms with E-state index in [1.165, 1.54) is 32.1 Å². The van der Waals surface area contributed by atoms with Gasteiger partial charge in [0.25, 0.3) is 0 Å². The van der Waals surface area contributed by atoms with Crippen molar-refractivity contribution in [2.45, 2.75) is 44.2 Å². The number of nitrogens with two attached hydrogens (primary N) is 1. The minimum atomic E-state index is 0.647. The summed E-state index contributed by atoms with van der Waals surface area (Å²) in [5, 5.41) is 0.647. The predicted octanol–water partition coefficient (Wildman–Crippen LogP) is 1.49. The fourth-order valence-corrected chi connectivity index (χ4v) is 4.19. The SMILES string of the molecule is NC(=S)N1C2CC3CC(C2)CC1C3. The Morgan fingerprint density at radius 3 is 1.85 bits per heavy atom. The van der Waals surface area contributed by atoms with Crippen LogP contribution in [0.25, 0.3) is 0 Å². The first-order valence-electron chi connectivity index (χ1n) is 5.32. The van der Waals surface area contributed by atoms with Crippen LogP contribution in [-0.4, -0.2) is 22.1 Å². The summed E-state index contributed by atoms with van der Waals surface area (Å²) in [6, 6.07) is 1.41. The zero-order chi connectivity index (χ0) is 9.00. The topological polar surface area (TPSA) is 29.3 Å². The molecule has 2 nitrogen and oxygen atoms in total. The maximum atomic E-state index is 5.78. The van der Waals surface area contributed by atoms with E-state index in [0.717, 1.165) is 11.8 Å². The second-order valence-electron chi connectivity index (χ2n) is 4.96. The van der Waals surface area contributed by atoms with Crippen LogP contribution < -0.4 is 5.73 Å². The molecule has 72 valence electrons. The third kappa shape index (κ3) is 1.09. The van der Waals surface area contributed by atoms with E-state index < -0.39 is 0 Å². The van der Waals surface area contributed by atoms with Crippen LogP contribution in [0.5, 0.6) is 0 Å². The molecule has 0 aromatic rings. The molecular weight excluding hydrogens is 180 g/mol. The van der Waals surface area contributed by atoms with Gasteiger partial charge in [0.1, 0.15) is 0 Å². The molecule has 4 bridgehead atoms. The lowest BCUT2D eigenvalue weighted by atomic mass is 9.64. The number of rotatable bonds is 0. The number of thiocarbonyl (C=S) groups is 1. The minimum absolute atomic E-state index is 0.647. The van der Waals surface area contributed by atoms with Gasteiger partial charge in [0.2, 0.25) is 0 Å².